The van der Waals surface area contributed by atoms with Crippen molar-refractivity contribution in [2.45, 2.75) is 65.3 Å². The molecule has 5 heterocycles. The third-order valence-electron chi connectivity index (χ3n) is 9.55. The first-order chi connectivity index (χ1) is 24.7. The summed E-state index contributed by atoms with van der Waals surface area (Å²) in [6.07, 6.45) is -0.755. The third-order valence-corrected chi connectivity index (χ3v) is 11.9. The van der Waals surface area contributed by atoms with E-state index in [1.165, 1.54) is 16.2 Å². The average Bonchev–Trinajstić information content (AvgIpc) is 3.88. The number of nitrogens with two attached hydrogens (primary N) is 1. The number of likely N-dealkylation sites (tertiary alicyclic amines) is 1. The largest absolute Gasteiger partial charge is 0.391 e. The summed E-state index contributed by atoms with van der Waals surface area (Å²) in [5.41, 5.74) is 10.9. The highest BCUT2D eigenvalue weighted by atomic mass is 35.5. The van der Waals surface area contributed by atoms with Gasteiger partial charge in [0, 0.05) is 45.2 Å². The number of rotatable bonds is 9. The van der Waals surface area contributed by atoms with E-state index in [1.54, 1.807) is 23.5 Å². The Morgan fingerprint density at radius 2 is 1.71 bits per heavy atom. The summed E-state index contributed by atoms with van der Waals surface area (Å²) in [5.74, 6) is -0.815. The van der Waals surface area contributed by atoms with E-state index >= 15 is 0 Å². The molecule has 4 atom stereocenters. The second-order valence-corrected chi connectivity index (χ2v) is 16.6. The summed E-state index contributed by atoms with van der Waals surface area (Å²) in [6.45, 7) is 12.2. The number of β-amino-alcohol motifs (C(OH)–C–C–N with tert-alkyl or cyclic N) is 1. The predicted molar refractivity (Wildman–Crippen MR) is 206 cm³/mol. The number of aromatic nitrogens is 3. The highest BCUT2D eigenvalue weighted by Crippen LogP contribution is 2.32. The first-order valence-electron chi connectivity index (χ1n) is 17.2. The number of carbonyl (C=O) groups is 3. The summed E-state index contributed by atoms with van der Waals surface area (Å²) >= 11 is 8.98. The molecule has 16 heteroatoms. The van der Waals surface area contributed by atoms with Crippen molar-refractivity contribution in [1.29, 1.82) is 0 Å². The molecule has 4 aromatic rings. The van der Waals surface area contributed by atoms with Crippen LogP contribution in [0, 0.1) is 12.3 Å². The Bertz CT molecular complexity index is 1920. The number of aryl methyl sites for hydroxylation is 1. The molecular weight excluding hydrogens is 722 g/mol. The Morgan fingerprint density at radius 1 is 1.02 bits per heavy atom. The number of piperazine rings is 1. The maximum absolute atomic E-state index is 14.2. The molecule has 276 valence electrons. The number of carbonyl (C=O) groups excluding carboxylic acids is 3. The minimum absolute atomic E-state index is 0.000806. The van der Waals surface area contributed by atoms with Crippen LogP contribution in [0.15, 0.2) is 48.0 Å². The van der Waals surface area contributed by atoms with E-state index in [0.29, 0.717) is 36.9 Å². The fourth-order valence-corrected chi connectivity index (χ4v) is 8.54. The van der Waals surface area contributed by atoms with Gasteiger partial charge in [0.2, 0.25) is 11.8 Å². The van der Waals surface area contributed by atoms with Crippen molar-refractivity contribution in [2.75, 3.05) is 48.3 Å². The summed E-state index contributed by atoms with van der Waals surface area (Å²) in [7, 11) is 0. The lowest BCUT2D eigenvalue weighted by atomic mass is 9.85. The molecule has 13 nitrogen and oxygen atoms in total. The molecule has 6 rings (SSSR count). The Kier molecular flexibility index (Phi) is 11.1. The van der Waals surface area contributed by atoms with Gasteiger partial charge in [-0.05, 0) is 42.5 Å². The van der Waals surface area contributed by atoms with Crippen LogP contribution >= 0.6 is 34.3 Å². The van der Waals surface area contributed by atoms with Crippen molar-refractivity contribution in [3.05, 3.63) is 69.3 Å². The SMILES string of the molecule is Cc1ncsc1-c1ccc(C(C)NC(=O)[C@@H]2C[C@@H](O)CN2C(=O)C(NC(=O)c2ccc(N3CCN(c4cc(Cl)nnc4N)CC3)s2)C(C)(C)C)cc1. The number of hydrogen-bond donors (Lipinski definition) is 4. The molecule has 0 aliphatic carbocycles. The fraction of sp³-hybridized carbons (Fsp3) is 0.444. The Hall–Kier alpha value is -4.31. The summed E-state index contributed by atoms with van der Waals surface area (Å²) < 4.78 is 0. The third kappa shape index (κ3) is 8.17. The number of halogens is 1. The van der Waals surface area contributed by atoms with Crippen molar-refractivity contribution in [3.63, 3.8) is 0 Å². The van der Waals surface area contributed by atoms with Crippen molar-refractivity contribution in [3.8, 4) is 10.4 Å². The molecule has 0 radical (unpaired) electrons. The molecule has 2 aliphatic heterocycles. The van der Waals surface area contributed by atoms with Crippen LogP contribution in [-0.2, 0) is 9.59 Å². The normalized spacial score (nSPS) is 19.0. The zero-order valence-electron chi connectivity index (χ0n) is 29.8. The summed E-state index contributed by atoms with van der Waals surface area (Å²) in [5, 5.41) is 25.6. The second-order valence-electron chi connectivity index (χ2n) is 14.3. The Morgan fingerprint density at radius 3 is 2.37 bits per heavy atom. The number of nitrogen functional groups attached to an aromatic ring is 1. The van der Waals surface area contributed by atoms with Gasteiger partial charge in [0.05, 0.1) is 43.8 Å². The number of nitrogens with zero attached hydrogens (tertiary/aromatic N) is 6. The molecular formula is C36H44ClN9O4S2. The van der Waals surface area contributed by atoms with Gasteiger partial charge in [-0.1, -0.05) is 56.6 Å². The Labute approximate surface area is 316 Å². The quantitative estimate of drug-likeness (QED) is 0.190. The van der Waals surface area contributed by atoms with Gasteiger partial charge in [-0.2, -0.15) is 0 Å². The number of thiophene rings is 1. The van der Waals surface area contributed by atoms with Gasteiger partial charge in [-0.15, -0.1) is 32.9 Å². The van der Waals surface area contributed by atoms with Crippen molar-refractivity contribution < 1.29 is 19.5 Å². The number of nitrogens with one attached hydrogen (secondary N) is 2. The van der Waals surface area contributed by atoms with Crippen LogP contribution in [0.5, 0.6) is 0 Å². The van der Waals surface area contributed by atoms with E-state index in [0.717, 1.165) is 32.4 Å². The predicted octanol–water partition coefficient (Wildman–Crippen LogP) is 4.52. The van der Waals surface area contributed by atoms with Crippen LogP contribution in [-0.4, -0.2) is 93.8 Å². The van der Waals surface area contributed by atoms with E-state index in [1.807, 2.05) is 70.5 Å². The molecule has 2 saturated heterocycles. The van der Waals surface area contributed by atoms with Crippen LogP contribution < -0.4 is 26.2 Å². The molecule has 2 fully saturated rings. The molecule has 0 bridgehead atoms. The molecule has 0 saturated carbocycles. The van der Waals surface area contributed by atoms with Crippen molar-refractivity contribution >= 4 is 68.5 Å². The minimum Gasteiger partial charge on any atom is -0.391 e. The van der Waals surface area contributed by atoms with Crippen LogP contribution in [0.2, 0.25) is 5.15 Å². The van der Waals surface area contributed by atoms with E-state index < -0.39 is 29.5 Å². The second kappa shape index (κ2) is 15.3. The van der Waals surface area contributed by atoms with Crippen LogP contribution in [0.4, 0.5) is 16.5 Å². The topological polar surface area (TPSA) is 170 Å². The van der Waals surface area contributed by atoms with Gasteiger partial charge in [0.15, 0.2) is 11.0 Å². The van der Waals surface area contributed by atoms with Crippen molar-refractivity contribution in [2.24, 2.45) is 5.41 Å². The number of anilines is 3. The molecule has 0 spiro atoms. The lowest BCUT2D eigenvalue weighted by Crippen LogP contribution is -2.57. The van der Waals surface area contributed by atoms with Gasteiger partial charge < -0.3 is 36.2 Å². The molecule has 3 aromatic heterocycles. The average molecular weight is 766 g/mol. The number of amides is 3. The lowest BCUT2D eigenvalue weighted by Gasteiger charge is -2.36. The fourth-order valence-electron chi connectivity index (χ4n) is 6.63. The number of aliphatic hydroxyl groups excluding tert-OH is 1. The van der Waals surface area contributed by atoms with Crippen LogP contribution in [0.3, 0.4) is 0 Å². The number of benzene rings is 1. The lowest BCUT2D eigenvalue weighted by molar-refractivity contribution is -0.142. The first-order valence-corrected chi connectivity index (χ1v) is 19.3. The minimum atomic E-state index is -0.943. The zero-order valence-corrected chi connectivity index (χ0v) is 32.2. The molecule has 5 N–H and O–H groups in total. The molecule has 52 heavy (non-hydrogen) atoms. The standard InChI is InChI=1S/C36H44ClN9O4S2/c1-20(22-6-8-23(9-7-22)30-21(2)39-19-51-30)40-33(48)26-16-24(47)18-46(26)35(50)31(36(3,4)5)41-34(49)27-10-11-29(52-27)45-14-12-44(13-15-45)25-17-28(37)42-43-32(25)38/h6-11,17,19-20,24,26,31,47H,12-16,18H2,1-5H3,(H2,38,43)(H,40,48)(H,41,49)/t20?,24-,26+,31?/m1/s1. The molecule has 1 aromatic carbocycles. The molecule has 2 unspecified atom stereocenters. The van der Waals surface area contributed by atoms with Gasteiger partial charge in [-0.25, -0.2) is 4.98 Å². The van der Waals surface area contributed by atoms with Gasteiger partial charge >= 0.3 is 0 Å². The Balaban J connectivity index is 1.09. The number of thiazole rings is 1. The zero-order chi connectivity index (χ0) is 37.3. The number of aliphatic hydroxyl groups is 1. The maximum atomic E-state index is 14.2. The summed E-state index contributed by atoms with van der Waals surface area (Å²) in [6, 6.07) is 11.2. The van der Waals surface area contributed by atoms with E-state index in [-0.39, 0.29) is 36.0 Å². The van der Waals surface area contributed by atoms with Gasteiger partial charge in [0.25, 0.3) is 5.91 Å². The van der Waals surface area contributed by atoms with Crippen LogP contribution in [0.1, 0.15) is 61.1 Å². The van der Waals surface area contributed by atoms with Gasteiger partial charge in [-0.3, -0.25) is 14.4 Å². The summed E-state index contributed by atoms with van der Waals surface area (Å²) in [4.78, 5) is 53.1. The van der Waals surface area contributed by atoms with E-state index in [2.05, 4.69) is 35.6 Å². The highest BCUT2D eigenvalue weighted by Gasteiger charge is 2.45. The maximum Gasteiger partial charge on any atom is 0.262 e. The van der Waals surface area contributed by atoms with E-state index in [4.69, 9.17) is 17.3 Å². The van der Waals surface area contributed by atoms with Gasteiger partial charge in [0.1, 0.15) is 12.1 Å². The monoisotopic (exact) mass is 765 g/mol. The highest BCUT2D eigenvalue weighted by molar-refractivity contribution is 7.18. The van der Waals surface area contributed by atoms with Crippen molar-refractivity contribution in [1.82, 2.24) is 30.7 Å². The van der Waals surface area contributed by atoms with E-state index in [9.17, 15) is 19.5 Å². The van der Waals surface area contributed by atoms with Crippen LogP contribution in [0.25, 0.3) is 10.4 Å². The smallest absolute Gasteiger partial charge is 0.262 e. The first kappa shape index (κ1) is 37.4. The molecule has 3 amide bonds. The molecule has 2 aliphatic rings. The number of hydrogen-bond acceptors (Lipinski definition) is 12.